The van der Waals surface area contributed by atoms with E-state index in [0.29, 0.717) is 11.7 Å². The highest BCUT2D eigenvalue weighted by Gasteiger charge is 2.19. The summed E-state index contributed by atoms with van der Waals surface area (Å²) in [5.74, 6) is -0.354. The molecular weight excluding hydrogens is 327 g/mol. The normalized spacial score (nSPS) is 11.6. The minimum absolute atomic E-state index is 0.178. The van der Waals surface area contributed by atoms with Crippen LogP contribution in [0.25, 0.3) is 5.82 Å². The van der Waals surface area contributed by atoms with E-state index >= 15 is 0 Å². The fraction of sp³-hybridized carbons (Fsp3) is 0.267. The number of rotatable bonds is 7. The van der Waals surface area contributed by atoms with Crippen LogP contribution in [-0.2, 0) is 27.8 Å². The summed E-state index contributed by atoms with van der Waals surface area (Å²) in [7, 11) is 3.89. The van der Waals surface area contributed by atoms with Crippen molar-refractivity contribution in [2.24, 2.45) is 7.05 Å². The van der Waals surface area contributed by atoms with Gasteiger partial charge in [0, 0.05) is 25.5 Å². The Morgan fingerprint density at radius 1 is 1.40 bits per heavy atom. The van der Waals surface area contributed by atoms with Crippen LogP contribution in [0.2, 0.25) is 0 Å². The van der Waals surface area contributed by atoms with Gasteiger partial charge in [-0.25, -0.2) is 14.3 Å². The van der Waals surface area contributed by atoms with Gasteiger partial charge in [-0.05, 0) is 18.1 Å². The molecule has 1 N–H and O–H groups in total. The number of aromatic nitrogens is 3. The molecule has 2 aromatic rings. The summed E-state index contributed by atoms with van der Waals surface area (Å²) < 4.78 is 6.88. The monoisotopic (exact) mass is 343 g/mol. The van der Waals surface area contributed by atoms with Crippen molar-refractivity contribution in [2.75, 3.05) is 7.11 Å². The maximum atomic E-state index is 12.1. The van der Waals surface area contributed by atoms with Gasteiger partial charge in [0.1, 0.15) is 11.9 Å². The first kappa shape index (κ1) is 18.3. The van der Waals surface area contributed by atoms with Gasteiger partial charge < -0.3 is 19.3 Å². The van der Waals surface area contributed by atoms with Gasteiger partial charge in [0.25, 0.3) is 13.0 Å². The van der Waals surface area contributed by atoms with Crippen LogP contribution in [-0.4, -0.2) is 46.8 Å². The zero-order valence-corrected chi connectivity index (χ0v) is 13.7. The Bertz CT molecular complexity index is 875. The SMILES string of the molecule is COC(=O)[C@H](Cc1ccc(-n2c(=O)ccn(C)c2=O)nc1)N[B]C=O. The number of methoxy groups -OCH3 is 1. The number of carbonyl (C=O) groups excluding carboxylic acids is 2. The van der Waals surface area contributed by atoms with Crippen molar-refractivity contribution in [2.45, 2.75) is 12.5 Å². The molecule has 0 aliphatic rings. The Balaban J connectivity index is 2.26. The first-order chi connectivity index (χ1) is 12.0. The predicted molar refractivity (Wildman–Crippen MR) is 90.2 cm³/mol. The summed E-state index contributed by atoms with van der Waals surface area (Å²) in [6, 6.07) is 3.66. The molecule has 0 aliphatic heterocycles. The lowest BCUT2D eigenvalue weighted by molar-refractivity contribution is -0.142. The molecule has 0 aromatic carbocycles. The number of esters is 1. The molecule has 0 amide bonds. The quantitative estimate of drug-likeness (QED) is 0.367. The molecule has 0 saturated carbocycles. The third-order valence-corrected chi connectivity index (χ3v) is 3.48. The second-order valence-corrected chi connectivity index (χ2v) is 5.16. The highest BCUT2D eigenvalue weighted by Crippen LogP contribution is 2.06. The van der Waals surface area contributed by atoms with Crippen molar-refractivity contribution < 1.29 is 14.3 Å². The molecule has 2 heterocycles. The van der Waals surface area contributed by atoms with E-state index < -0.39 is 23.3 Å². The second kappa shape index (κ2) is 8.20. The molecule has 0 unspecified atom stereocenters. The second-order valence-electron chi connectivity index (χ2n) is 5.16. The zero-order chi connectivity index (χ0) is 18.4. The summed E-state index contributed by atoms with van der Waals surface area (Å²) >= 11 is 0. The minimum Gasteiger partial charge on any atom is -0.468 e. The predicted octanol–water partition coefficient (Wildman–Crippen LogP) is -1.59. The van der Waals surface area contributed by atoms with Crippen molar-refractivity contribution in [3.05, 3.63) is 57.0 Å². The smallest absolute Gasteiger partial charge is 0.336 e. The van der Waals surface area contributed by atoms with E-state index in [4.69, 9.17) is 0 Å². The highest BCUT2D eigenvalue weighted by molar-refractivity contribution is 6.64. The van der Waals surface area contributed by atoms with Crippen molar-refractivity contribution in [1.82, 2.24) is 19.3 Å². The Morgan fingerprint density at radius 2 is 2.16 bits per heavy atom. The standard InChI is InChI=1S/C15H16BN4O5/c1-19-6-5-13(22)20(15(19)24)12-4-3-10(8-17-12)7-11(14(23)25-2)18-16-9-21/h3-6,8-9,11,18H,7H2,1-2H3/t11-/m0/s1. The number of aryl methyl sites for hydroxylation is 1. The molecule has 0 bridgehead atoms. The molecule has 10 heteroatoms. The lowest BCUT2D eigenvalue weighted by Crippen LogP contribution is -2.42. The van der Waals surface area contributed by atoms with Gasteiger partial charge in [-0.15, -0.1) is 0 Å². The Morgan fingerprint density at radius 3 is 2.76 bits per heavy atom. The van der Waals surface area contributed by atoms with Crippen LogP contribution in [0, 0.1) is 0 Å². The van der Waals surface area contributed by atoms with E-state index in [9.17, 15) is 19.2 Å². The van der Waals surface area contributed by atoms with Crippen LogP contribution >= 0.6 is 0 Å². The first-order valence-corrected chi connectivity index (χ1v) is 7.32. The fourth-order valence-electron chi connectivity index (χ4n) is 2.19. The molecule has 1 atom stereocenters. The van der Waals surface area contributed by atoms with Crippen molar-refractivity contribution in [3.63, 3.8) is 0 Å². The maximum absolute atomic E-state index is 12.1. The molecule has 2 aromatic heterocycles. The van der Waals surface area contributed by atoms with Crippen molar-refractivity contribution in [3.8, 4) is 5.82 Å². The molecular formula is C15H16BN4O5. The Hall–Kier alpha value is -3.01. The maximum Gasteiger partial charge on any atom is 0.336 e. The average molecular weight is 343 g/mol. The van der Waals surface area contributed by atoms with Crippen molar-refractivity contribution in [1.29, 1.82) is 0 Å². The summed E-state index contributed by atoms with van der Waals surface area (Å²) in [6.45, 7) is 0. The van der Waals surface area contributed by atoms with Gasteiger partial charge in [0.15, 0.2) is 0 Å². The zero-order valence-electron chi connectivity index (χ0n) is 13.7. The summed E-state index contributed by atoms with van der Waals surface area (Å²) in [4.78, 5) is 50.2. The average Bonchev–Trinajstić information content (AvgIpc) is 2.62. The van der Waals surface area contributed by atoms with Gasteiger partial charge in [0.2, 0.25) is 0 Å². The van der Waals surface area contributed by atoms with Crippen LogP contribution in [0.3, 0.4) is 0 Å². The number of nitrogens with zero attached hydrogens (tertiary/aromatic N) is 3. The number of ether oxygens (including phenoxy) is 1. The molecule has 9 nitrogen and oxygen atoms in total. The number of hydrogen-bond acceptors (Lipinski definition) is 7. The van der Waals surface area contributed by atoms with E-state index in [2.05, 4.69) is 14.9 Å². The third-order valence-electron chi connectivity index (χ3n) is 3.48. The molecule has 2 rings (SSSR count). The number of nitrogens with one attached hydrogen (secondary N) is 1. The lowest BCUT2D eigenvalue weighted by Gasteiger charge is -2.15. The van der Waals surface area contributed by atoms with Crippen LogP contribution in [0.1, 0.15) is 5.56 Å². The third kappa shape index (κ3) is 4.30. The molecule has 0 fully saturated rings. The fourth-order valence-corrected chi connectivity index (χ4v) is 2.19. The number of pyridine rings is 1. The molecule has 129 valence electrons. The van der Waals surface area contributed by atoms with Gasteiger partial charge >= 0.3 is 11.7 Å². The largest absolute Gasteiger partial charge is 0.468 e. The lowest BCUT2D eigenvalue weighted by atomic mass is 9.94. The van der Waals surface area contributed by atoms with Gasteiger partial charge in [0.05, 0.1) is 13.3 Å². The van der Waals surface area contributed by atoms with Crippen LogP contribution < -0.4 is 16.5 Å². The summed E-state index contributed by atoms with van der Waals surface area (Å²) in [5.41, 5.74) is -0.341. The minimum atomic E-state index is -0.754. The van der Waals surface area contributed by atoms with E-state index in [1.54, 1.807) is 6.07 Å². The topological polar surface area (TPSA) is 112 Å². The van der Waals surface area contributed by atoms with E-state index in [1.807, 2.05) is 0 Å². The Kier molecular flexibility index (Phi) is 6.01. The van der Waals surface area contributed by atoms with Crippen LogP contribution in [0.5, 0.6) is 0 Å². The molecule has 0 spiro atoms. The van der Waals surface area contributed by atoms with Gasteiger partial charge in [-0.2, -0.15) is 0 Å². The number of carbonyl (C=O) groups is 2. The van der Waals surface area contributed by atoms with Crippen LogP contribution in [0.15, 0.2) is 40.2 Å². The summed E-state index contributed by atoms with van der Waals surface area (Å²) in [5, 5.41) is 2.64. The summed E-state index contributed by atoms with van der Waals surface area (Å²) in [6.07, 6.45) is 3.57. The molecule has 1 radical (unpaired) electrons. The molecule has 0 saturated heterocycles. The van der Waals surface area contributed by atoms with Crippen molar-refractivity contribution >= 4 is 19.6 Å². The highest BCUT2D eigenvalue weighted by atomic mass is 16.5. The first-order valence-electron chi connectivity index (χ1n) is 7.32. The van der Waals surface area contributed by atoms with E-state index in [0.717, 1.165) is 12.0 Å². The molecule has 25 heavy (non-hydrogen) atoms. The van der Waals surface area contributed by atoms with E-state index in [-0.39, 0.29) is 12.2 Å². The molecule has 0 aliphatic carbocycles. The van der Waals surface area contributed by atoms with Gasteiger partial charge in [-0.3, -0.25) is 9.59 Å². The van der Waals surface area contributed by atoms with Crippen LogP contribution in [0.4, 0.5) is 0 Å². The van der Waals surface area contributed by atoms with E-state index in [1.165, 1.54) is 43.3 Å². The Labute approximate surface area is 143 Å². The number of hydrogen-bond donors (Lipinski definition) is 1. The van der Waals surface area contributed by atoms with Gasteiger partial charge in [-0.1, -0.05) is 6.07 Å².